The van der Waals surface area contributed by atoms with Gasteiger partial charge in [0.1, 0.15) is 0 Å². The first kappa shape index (κ1) is 10.5. The summed E-state index contributed by atoms with van der Waals surface area (Å²) in [5.74, 6) is 0. The van der Waals surface area contributed by atoms with Crippen molar-refractivity contribution < 1.29 is 0 Å². The zero-order chi connectivity index (χ0) is 8.91. The fraction of sp³-hybridized carbons (Fsp3) is 1.00. The molecule has 3 heteroatoms. The first-order chi connectivity index (χ1) is 4.87. The largest absolute Gasteiger partial charge is 0.254 e. The van der Waals surface area contributed by atoms with Crippen LogP contribution in [0.2, 0.25) is 0 Å². The quantitative estimate of drug-likeness (QED) is 0.442. The molecule has 0 aromatic heterocycles. The van der Waals surface area contributed by atoms with E-state index < -0.39 is 0 Å². The smallest absolute Gasteiger partial charge is 0.0370 e. The van der Waals surface area contributed by atoms with E-state index in [9.17, 15) is 0 Å². The minimum atomic E-state index is 0.321. The highest BCUT2D eigenvalue weighted by molar-refractivity contribution is 14.1. The third kappa shape index (κ3) is 0.964. The maximum absolute atomic E-state index is 3.41. The monoisotopic (exact) mass is 379 g/mol. The molecule has 1 aliphatic carbocycles. The molecule has 0 aliphatic heterocycles. The van der Waals surface area contributed by atoms with Crippen molar-refractivity contribution in [3.8, 4) is 0 Å². The van der Waals surface area contributed by atoms with E-state index in [0.717, 1.165) is 0 Å². The number of alkyl halides is 1. The third-order valence-corrected chi connectivity index (χ3v) is 6.73. The fourth-order valence-corrected chi connectivity index (χ4v) is 4.96. The Hall–Kier alpha value is 1.42. The molecular formula is C8H15I2N. The topological polar surface area (TPSA) is 12.0 Å². The van der Waals surface area contributed by atoms with E-state index in [1.807, 2.05) is 0 Å². The van der Waals surface area contributed by atoms with Crippen molar-refractivity contribution in [1.82, 2.24) is 3.53 Å². The summed E-state index contributed by atoms with van der Waals surface area (Å²) in [5.41, 5.74) is 1.21. The second kappa shape index (κ2) is 2.70. The number of hydrogen-bond acceptors (Lipinski definition) is 1. The zero-order valence-electron chi connectivity index (χ0n) is 7.46. The first-order valence-electron chi connectivity index (χ1n) is 3.81. The predicted molar refractivity (Wildman–Crippen MR) is 66.3 cm³/mol. The van der Waals surface area contributed by atoms with Gasteiger partial charge in [0, 0.05) is 38.2 Å². The molecule has 0 radical (unpaired) electrons. The van der Waals surface area contributed by atoms with Crippen LogP contribution >= 0.6 is 45.5 Å². The minimum absolute atomic E-state index is 0.321. The molecule has 0 amide bonds. The Labute approximate surface area is 96.7 Å². The van der Waals surface area contributed by atoms with Gasteiger partial charge in [-0.1, -0.05) is 43.4 Å². The average molecular weight is 379 g/mol. The second-order valence-corrected chi connectivity index (χ2v) is 5.61. The molecule has 2 unspecified atom stereocenters. The molecule has 1 N–H and O–H groups in total. The highest BCUT2D eigenvalue weighted by atomic mass is 127. The molecule has 2 atom stereocenters. The molecule has 0 spiro atoms. The van der Waals surface area contributed by atoms with E-state index in [1.165, 1.54) is 4.43 Å². The van der Waals surface area contributed by atoms with E-state index in [0.29, 0.717) is 16.4 Å². The van der Waals surface area contributed by atoms with Gasteiger partial charge in [0.2, 0.25) is 0 Å². The Bertz CT molecular complexity index is 163. The van der Waals surface area contributed by atoms with Crippen LogP contribution in [-0.4, -0.2) is 9.97 Å². The van der Waals surface area contributed by atoms with Crippen LogP contribution < -0.4 is 3.53 Å². The Morgan fingerprint density at radius 1 is 1.18 bits per heavy atom. The molecule has 0 aromatic rings. The van der Waals surface area contributed by atoms with E-state index in [-0.39, 0.29) is 0 Å². The van der Waals surface area contributed by atoms with Crippen LogP contribution in [-0.2, 0) is 0 Å². The lowest BCUT2D eigenvalue weighted by Gasteiger charge is -2.13. The molecule has 0 aromatic carbocycles. The molecule has 0 heterocycles. The van der Waals surface area contributed by atoms with Gasteiger partial charge in [-0.2, -0.15) is 0 Å². The highest BCUT2D eigenvalue weighted by Crippen LogP contribution is 2.72. The molecule has 1 rings (SSSR count). The minimum Gasteiger partial charge on any atom is -0.254 e. The SMILES string of the molecule is CC1(C)C(C)(CI)C1(C)NI. The number of halogens is 2. The van der Waals surface area contributed by atoms with E-state index in [1.54, 1.807) is 0 Å². The van der Waals surface area contributed by atoms with Gasteiger partial charge in [-0.3, -0.25) is 3.53 Å². The molecule has 1 aliphatic rings. The van der Waals surface area contributed by atoms with Crippen LogP contribution in [0.4, 0.5) is 0 Å². The maximum Gasteiger partial charge on any atom is 0.0370 e. The molecule has 11 heavy (non-hydrogen) atoms. The maximum atomic E-state index is 3.41. The van der Waals surface area contributed by atoms with Crippen molar-refractivity contribution >= 4 is 45.5 Å². The van der Waals surface area contributed by atoms with Crippen LogP contribution in [0.5, 0.6) is 0 Å². The van der Waals surface area contributed by atoms with Crippen LogP contribution in [0, 0.1) is 10.8 Å². The Morgan fingerprint density at radius 3 is 1.73 bits per heavy atom. The Kier molecular flexibility index (Phi) is 2.58. The molecule has 1 nitrogen and oxygen atoms in total. The second-order valence-electron chi connectivity index (χ2n) is 4.31. The van der Waals surface area contributed by atoms with Gasteiger partial charge in [-0.25, -0.2) is 0 Å². The zero-order valence-corrected chi connectivity index (χ0v) is 11.8. The van der Waals surface area contributed by atoms with E-state index >= 15 is 0 Å². The average Bonchev–Trinajstić information content (AvgIpc) is 2.32. The normalized spacial score (nSPS) is 47.5. The third-order valence-electron chi connectivity index (χ3n) is 4.13. The summed E-state index contributed by atoms with van der Waals surface area (Å²) < 4.78 is 4.64. The molecule has 66 valence electrons. The van der Waals surface area contributed by atoms with Crippen molar-refractivity contribution in [2.45, 2.75) is 33.2 Å². The van der Waals surface area contributed by atoms with Crippen molar-refractivity contribution in [2.75, 3.05) is 4.43 Å². The number of nitrogens with one attached hydrogen (secondary N) is 1. The van der Waals surface area contributed by atoms with Crippen LogP contribution in [0.1, 0.15) is 27.7 Å². The Balaban J connectivity index is 2.91. The van der Waals surface area contributed by atoms with Gasteiger partial charge in [0.15, 0.2) is 0 Å². The van der Waals surface area contributed by atoms with E-state index in [2.05, 4.69) is 76.7 Å². The summed E-state index contributed by atoms with van der Waals surface area (Å²) >= 11 is 4.76. The summed E-state index contributed by atoms with van der Waals surface area (Å²) in [5, 5.41) is 0. The van der Waals surface area contributed by atoms with E-state index in [4.69, 9.17) is 0 Å². The van der Waals surface area contributed by atoms with Crippen molar-refractivity contribution in [1.29, 1.82) is 0 Å². The number of rotatable bonds is 2. The van der Waals surface area contributed by atoms with Gasteiger partial charge >= 0.3 is 0 Å². The van der Waals surface area contributed by atoms with Gasteiger partial charge < -0.3 is 0 Å². The molecule has 0 saturated heterocycles. The van der Waals surface area contributed by atoms with Gasteiger partial charge in [-0.05, 0) is 12.3 Å². The van der Waals surface area contributed by atoms with Gasteiger partial charge in [0.25, 0.3) is 0 Å². The lowest BCUT2D eigenvalue weighted by molar-refractivity contribution is 0.469. The van der Waals surface area contributed by atoms with Crippen molar-refractivity contribution in [3.63, 3.8) is 0 Å². The Morgan fingerprint density at radius 2 is 1.64 bits per heavy atom. The summed E-state index contributed by atoms with van der Waals surface area (Å²) in [6, 6.07) is 0. The van der Waals surface area contributed by atoms with Crippen LogP contribution in [0.15, 0.2) is 0 Å². The standard InChI is InChI=1S/C8H15I2N/c1-6(2)7(3,5-9)8(6,4)11-10/h11H,5H2,1-4H3. The summed E-state index contributed by atoms with van der Waals surface area (Å²) in [7, 11) is 0. The predicted octanol–water partition coefficient (Wildman–Crippen LogP) is 3.17. The molecule has 1 saturated carbocycles. The molecular weight excluding hydrogens is 364 g/mol. The molecule has 1 fully saturated rings. The van der Waals surface area contributed by atoms with Crippen molar-refractivity contribution in [3.05, 3.63) is 0 Å². The van der Waals surface area contributed by atoms with Crippen LogP contribution in [0.3, 0.4) is 0 Å². The fourth-order valence-electron chi connectivity index (χ4n) is 1.97. The summed E-state index contributed by atoms with van der Waals surface area (Å²) in [6.07, 6.45) is 0. The molecule has 0 bridgehead atoms. The lowest BCUT2D eigenvalue weighted by atomic mass is 10.0. The van der Waals surface area contributed by atoms with Crippen LogP contribution in [0.25, 0.3) is 0 Å². The van der Waals surface area contributed by atoms with Crippen molar-refractivity contribution in [2.24, 2.45) is 10.8 Å². The first-order valence-corrected chi connectivity index (χ1v) is 6.41. The summed E-state index contributed by atoms with van der Waals surface area (Å²) in [4.78, 5) is 0. The lowest BCUT2D eigenvalue weighted by Crippen LogP contribution is -2.27. The van der Waals surface area contributed by atoms with Gasteiger partial charge in [-0.15, -0.1) is 0 Å². The summed E-state index contributed by atoms with van der Waals surface area (Å²) in [6.45, 7) is 9.37. The highest BCUT2D eigenvalue weighted by Gasteiger charge is 2.76. The van der Waals surface area contributed by atoms with Gasteiger partial charge in [0.05, 0.1) is 0 Å². The number of hydrogen-bond donors (Lipinski definition) is 1.